The van der Waals surface area contributed by atoms with Gasteiger partial charge in [-0.1, -0.05) is 60.7 Å². The molecule has 0 bridgehead atoms. The minimum Gasteiger partial charge on any atom is -0.489 e. The highest BCUT2D eigenvalue weighted by Gasteiger charge is 2.20. The van der Waals surface area contributed by atoms with Gasteiger partial charge in [0.1, 0.15) is 18.4 Å². The maximum Gasteiger partial charge on any atom is 0.323 e. The molecule has 0 saturated carbocycles. The van der Waals surface area contributed by atoms with Crippen molar-refractivity contribution in [3.8, 4) is 16.9 Å². The second-order valence-electron chi connectivity index (χ2n) is 8.84. The fourth-order valence-electron chi connectivity index (χ4n) is 4.18. The predicted molar refractivity (Wildman–Crippen MR) is 144 cm³/mol. The Morgan fingerprint density at radius 1 is 0.784 bits per heavy atom. The standard InChI is InChI=1S/C30H36N2O5/c1-31-26(19-29(33)35-3)16-22-11-8-12-23(15-22)24-13-14-28(37-20-21-9-6-5-7-10-21)25(17-24)18-27(32-2)30(34)36-4/h5-15,17,26-27,31-32H,16,18-20H2,1-4H3/t26?,27-/m0/s1. The summed E-state index contributed by atoms with van der Waals surface area (Å²) in [5.74, 6) is 0.157. The Kier molecular flexibility index (Phi) is 10.7. The van der Waals surface area contributed by atoms with Crippen molar-refractivity contribution in [2.75, 3.05) is 28.3 Å². The molecule has 0 aliphatic heterocycles. The molecule has 0 heterocycles. The van der Waals surface area contributed by atoms with Crippen molar-refractivity contribution in [3.05, 3.63) is 89.5 Å². The van der Waals surface area contributed by atoms with E-state index >= 15 is 0 Å². The van der Waals surface area contributed by atoms with Gasteiger partial charge in [-0.2, -0.15) is 0 Å². The molecule has 3 rings (SSSR count). The van der Waals surface area contributed by atoms with E-state index in [4.69, 9.17) is 14.2 Å². The van der Waals surface area contributed by atoms with Crippen molar-refractivity contribution in [2.24, 2.45) is 0 Å². The van der Waals surface area contributed by atoms with Crippen molar-refractivity contribution < 1.29 is 23.8 Å². The van der Waals surface area contributed by atoms with Crippen molar-refractivity contribution >= 4 is 11.9 Å². The average Bonchev–Trinajstić information content (AvgIpc) is 2.94. The summed E-state index contributed by atoms with van der Waals surface area (Å²) in [5.41, 5.74) is 5.13. The quantitative estimate of drug-likeness (QED) is 0.341. The Morgan fingerprint density at radius 2 is 1.51 bits per heavy atom. The minimum atomic E-state index is -0.500. The third kappa shape index (κ3) is 8.17. The maximum atomic E-state index is 12.3. The first-order valence-electron chi connectivity index (χ1n) is 12.4. The molecule has 0 radical (unpaired) electrons. The van der Waals surface area contributed by atoms with Gasteiger partial charge in [0.15, 0.2) is 0 Å². The van der Waals surface area contributed by atoms with Crippen LogP contribution in [0.1, 0.15) is 23.1 Å². The summed E-state index contributed by atoms with van der Waals surface area (Å²) in [6.07, 6.45) is 1.41. The fourth-order valence-corrected chi connectivity index (χ4v) is 4.18. The number of hydrogen-bond acceptors (Lipinski definition) is 7. The summed E-state index contributed by atoms with van der Waals surface area (Å²) in [6, 6.07) is 23.7. The molecule has 3 aromatic rings. The monoisotopic (exact) mass is 504 g/mol. The largest absolute Gasteiger partial charge is 0.489 e. The molecule has 0 aliphatic carbocycles. The Morgan fingerprint density at radius 3 is 2.19 bits per heavy atom. The molecule has 0 aromatic heterocycles. The van der Waals surface area contributed by atoms with E-state index in [1.807, 2.05) is 55.6 Å². The zero-order valence-electron chi connectivity index (χ0n) is 22.0. The molecule has 2 N–H and O–H groups in total. The highest BCUT2D eigenvalue weighted by molar-refractivity contribution is 5.76. The number of carbonyl (C=O) groups excluding carboxylic acids is 2. The van der Waals surface area contributed by atoms with Gasteiger partial charge in [0.25, 0.3) is 0 Å². The van der Waals surface area contributed by atoms with Crippen molar-refractivity contribution in [1.82, 2.24) is 10.6 Å². The average molecular weight is 505 g/mol. The number of ether oxygens (including phenoxy) is 3. The molecule has 7 nitrogen and oxygen atoms in total. The van der Waals surface area contributed by atoms with Gasteiger partial charge in [-0.15, -0.1) is 0 Å². The van der Waals surface area contributed by atoms with Gasteiger partial charge in [-0.25, -0.2) is 0 Å². The van der Waals surface area contributed by atoms with Gasteiger partial charge >= 0.3 is 11.9 Å². The molecule has 0 saturated heterocycles. The smallest absolute Gasteiger partial charge is 0.323 e. The second kappa shape index (κ2) is 14.2. The number of carbonyl (C=O) groups is 2. The zero-order chi connectivity index (χ0) is 26.6. The Hall–Kier alpha value is -3.68. The molecule has 0 aliphatic rings. The van der Waals surface area contributed by atoms with E-state index in [9.17, 15) is 9.59 Å². The first-order valence-corrected chi connectivity index (χ1v) is 12.4. The van der Waals surface area contributed by atoms with Crippen LogP contribution in [0.3, 0.4) is 0 Å². The van der Waals surface area contributed by atoms with Gasteiger partial charge in [0.2, 0.25) is 0 Å². The first-order chi connectivity index (χ1) is 18.0. The number of hydrogen-bond donors (Lipinski definition) is 2. The van der Waals surface area contributed by atoms with Crippen molar-refractivity contribution in [1.29, 1.82) is 0 Å². The van der Waals surface area contributed by atoms with Crippen LogP contribution in [-0.2, 0) is 38.5 Å². The number of rotatable bonds is 13. The van der Waals surface area contributed by atoms with Crippen LogP contribution >= 0.6 is 0 Å². The number of benzene rings is 3. The molecule has 2 atom stereocenters. The molecule has 196 valence electrons. The van der Waals surface area contributed by atoms with Crippen LogP contribution < -0.4 is 15.4 Å². The number of methoxy groups -OCH3 is 2. The summed E-state index contributed by atoms with van der Waals surface area (Å²) in [6.45, 7) is 0.427. The molecular formula is C30H36N2O5. The fraction of sp³-hybridized carbons (Fsp3) is 0.333. The molecule has 7 heteroatoms. The van der Waals surface area contributed by atoms with E-state index in [2.05, 4.69) is 34.9 Å². The first kappa shape index (κ1) is 27.9. The molecule has 0 spiro atoms. The molecule has 1 unspecified atom stereocenters. The van der Waals surface area contributed by atoms with Crippen LogP contribution in [0, 0.1) is 0 Å². The lowest BCUT2D eigenvalue weighted by molar-refractivity contribution is -0.143. The summed E-state index contributed by atoms with van der Waals surface area (Å²) < 4.78 is 16.0. The van der Waals surface area contributed by atoms with E-state index in [-0.39, 0.29) is 18.0 Å². The second-order valence-corrected chi connectivity index (χ2v) is 8.84. The third-order valence-corrected chi connectivity index (χ3v) is 6.35. The van der Waals surface area contributed by atoms with Crippen molar-refractivity contribution in [2.45, 2.75) is 38.0 Å². The van der Waals surface area contributed by atoms with Crippen LogP contribution in [0.25, 0.3) is 11.1 Å². The Bertz CT molecular complexity index is 1170. The van der Waals surface area contributed by atoms with Crippen LogP contribution in [0.5, 0.6) is 5.75 Å². The van der Waals surface area contributed by atoms with E-state index < -0.39 is 6.04 Å². The van der Waals surface area contributed by atoms with Gasteiger partial charge in [-0.05, 0) is 60.5 Å². The lowest BCUT2D eigenvalue weighted by Gasteiger charge is -2.18. The van der Waals surface area contributed by atoms with E-state index in [0.717, 1.165) is 33.6 Å². The molecular weight excluding hydrogens is 468 g/mol. The number of nitrogens with one attached hydrogen (secondary N) is 2. The van der Waals surface area contributed by atoms with E-state index in [0.29, 0.717) is 25.9 Å². The molecule has 0 amide bonds. The highest BCUT2D eigenvalue weighted by Crippen LogP contribution is 2.29. The van der Waals surface area contributed by atoms with Crippen LogP contribution in [0.2, 0.25) is 0 Å². The summed E-state index contributed by atoms with van der Waals surface area (Å²) in [4.78, 5) is 24.0. The van der Waals surface area contributed by atoms with Gasteiger partial charge in [-0.3, -0.25) is 9.59 Å². The van der Waals surface area contributed by atoms with E-state index in [1.165, 1.54) is 14.2 Å². The van der Waals surface area contributed by atoms with Gasteiger partial charge < -0.3 is 24.8 Å². The van der Waals surface area contributed by atoms with Crippen molar-refractivity contribution in [3.63, 3.8) is 0 Å². The van der Waals surface area contributed by atoms with Crippen LogP contribution in [-0.4, -0.2) is 52.3 Å². The molecule has 0 fully saturated rings. The molecule has 3 aromatic carbocycles. The predicted octanol–water partition coefficient (Wildman–Crippen LogP) is 3.93. The summed E-state index contributed by atoms with van der Waals surface area (Å²) >= 11 is 0. The van der Waals surface area contributed by atoms with E-state index in [1.54, 1.807) is 7.05 Å². The normalized spacial score (nSPS) is 12.4. The van der Waals surface area contributed by atoms with Crippen LogP contribution in [0.4, 0.5) is 0 Å². The summed E-state index contributed by atoms with van der Waals surface area (Å²) in [5, 5.41) is 6.24. The third-order valence-electron chi connectivity index (χ3n) is 6.35. The minimum absolute atomic E-state index is 0.0246. The molecule has 37 heavy (non-hydrogen) atoms. The van der Waals surface area contributed by atoms with Gasteiger partial charge in [0.05, 0.1) is 20.6 Å². The topological polar surface area (TPSA) is 85.9 Å². The van der Waals surface area contributed by atoms with Gasteiger partial charge in [0, 0.05) is 12.5 Å². The lowest BCUT2D eigenvalue weighted by Crippen LogP contribution is -2.37. The maximum absolute atomic E-state index is 12.3. The van der Waals surface area contributed by atoms with Crippen LogP contribution in [0.15, 0.2) is 72.8 Å². The number of likely N-dealkylation sites (N-methyl/N-ethyl adjacent to an activating group) is 2. The zero-order valence-corrected chi connectivity index (χ0v) is 22.0. The Labute approximate surface area is 219 Å². The SMILES string of the molecule is CNC(CC(=O)OC)Cc1cccc(-c2ccc(OCc3ccccc3)c(C[C@H](NC)C(=O)OC)c2)c1. The summed E-state index contributed by atoms with van der Waals surface area (Å²) in [7, 11) is 6.38. The highest BCUT2D eigenvalue weighted by atomic mass is 16.5. The lowest BCUT2D eigenvalue weighted by atomic mass is 9.95. The Balaban J connectivity index is 1.88. The number of esters is 2.